The van der Waals surface area contributed by atoms with Crippen LogP contribution in [0.5, 0.6) is 0 Å². The lowest BCUT2D eigenvalue weighted by Gasteiger charge is -2.16. The lowest BCUT2D eigenvalue weighted by molar-refractivity contribution is 0.0461. The molecule has 5 heteroatoms. The zero-order valence-corrected chi connectivity index (χ0v) is 13.2. The van der Waals surface area contributed by atoms with Gasteiger partial charge in [0.15, 0.2) is 0 Å². The van der Waals surface area contributed by atoms with E-state index in [1.807, 2.05) is 17.8 Å². The third-order valence-corrected chi connectivity index (χ3v) is 4.98. The molecule has 2 aromatic heterocycles. The quantitative estimate of drug-likeness (QED) is 0.785. The van der Waals surface area contributed by atoms with Gasteiger partial charge in [-0.2, -0.15) is 0 Å². The summed E-state index contributed by atoms with van der Waals surface area (Å²) in [7, 11) is 0. The van der Waals surface area contributed by atoms with Gasteiger partial charge in [-0.3, -0.25) is 4.90 Å². The maximum absolute atomic E-state index is 5.99. The number of H-pyrrole nitrogens is 1. The van der Waals surface area contributed by atoms with Crippen LogP contribution >= 0.6 is 11.3 Å². The van der Waals surface area contributed by atoms with Crippen LogP contribution in [0, 0.1) is 0 Å². The fourth-order valence-corrected chi connectivity index (χ4v) is 3.65. The first-order valence-electron chi connectivity index (χ1n) is 7.66. The van der Waals surface area contributed by atoms with Crippen molar-refractivity contribution in [2.24, 2.45) is 0 Å². The molecular formula is C17H19N3OS. The maximum atomic E-state index is 5.99. The number of ether oxygens (including phenoxy) is 1. The van der Waals surface area contributed by atoms with Crippen molar-refractivity contribution in [3.63, 3.8) is 0 Å². The number of nitrogens with zero attached hydrogens (tertiary/aromatic N) is 2. The first-order valence-corrected chi connectivity index (χ1v) is 8.54. The molecule has 1 aromatic carbocycles. The summed E-state index contributed by atoms with van der Waals surface area (Å²) in [6, 6.07) is 8.63. The topological polar surface area (TPSA) is 41.1 Å². The van der Waals surface area contributed by atoms with Crippen LogP contribution in [0.1, 0.15) is 17.0 Å². The molecular weight excluding hydrogens is 294 g/mol. The van der Waals surface area contributed by atoms with E-state index in [4.69, 9.17) is 4.74 Å². The molecule has 3 heterocycles. The van der Waals surface area contributed by atoms with Crippen LogP contribution in [0.2, 0.25) is 0 Å². The summed E-state index contributed by atoms with van der Waals surface area (Å²) < 4.78 is 5.99. The molecule has 1 N–H and O–H groups in total. The van der Waals surface area contributed by atoms with E-state index in [9.17, 15) is 0 Å². The van der Waals surface area contributed by atoms with Crippen molar-refractivity contribution in [2.75, 3.05) is 13.1 Å². The van der Waals surface area contributed by atoms with Gasteiger partial charge in [-0.15, -0.1) is 11.3 Å². The van der Waals surface area contributed by atoms with Crippen LogP contribution < -0.4 is 0 Å². The molecule has 0 bridgehead atoms. The Kier molecular flexibility index (Phi) is 3.93. The molecule has 1 saturated heterocycles. The Morgan fingerprint density at radius 3 is 3.27 bits per heavy atom. The van der Waals surface area contributed by atoms with Crippen LogP contribution in [-0.4, -0.2) is 34.1 Å². The van der Waals surface area contributed by atoms with Crippen molar-refractivity contribution in [3.05, 3.63) is 52.6 Å². The van der Waals surface area contributed by atoms with Gasteiger partial charge in [-0.1, -0.05) is 18.2 Å². The first-order chi connectivity index (χ1) is 10.9. The number of thiazole rings is 1. The number of para-hydroxylation sites is 1. The van der Waals surface area contributed by atoms with Crippen LogP contribution in [0.25, 0.3) is 10.9 Å². The van der Waals surface area contributed by atoms with Gasteiger partial charge in [0.1, 0.15) is 5.01 Å². The third-order valence-electron chi connectivity index (χ3n) is 4.22. The van der Waals surface area contributed by atoms with Gasteiger partial charge in [-0.05, 0) is 23.4 Å². The van der Waals surface area contributed by atoms with Gasteiger partial charge in [0.25, 0.3) is 0 Å². The lowest BCUT2D eigenvalue weighted by Crippen LogP contribution is -2.23. The second-order valence-corrected chi connectivity index (χ2v) is 6.72. The Morgan fingerprint density at radius 2 is 2.36 bits per heavy atom. The van der Waals surface area contributed by atoms with Crippen LogP contribution in [0.15, 0.2) is 42.0 Å². The highest BCUT2D eigenvalue weighted by atomic mass is 32.1. The van der Waals surface area contributed by atoms with Crippen LogP contribution in [0.4, 0.5) is 0 Å². The summed E-state index contributed by atoms with van der Waals surface area (Å²) in [5.74, 6) is 0. The van der Waals surface area contributed by atoms with Crippen molar-refractivity contribution in [2.45, 2.75) is 25.7 Å². The maximum Gasteiger partial charge on any atom is 0.118 e. The number of likely N-dealkylation sites (tertiary alicyclic amines) is 1. The van der Waals surface area contributed by atoms with E-state index in [0.29, 0.717) is 12.7 Å². The summed E-state index contributed by atoms with van der Waals surface area (Å²) in [5.41, 5.74) is 2.62. The normalized spacial score (nSPS) is 19.2. The summed E-state index contributed by atoms with van der Waals surface area (Å²) in [5, 5.41) is 4.35. The molecule has 1 aliphatic rings. The van der Waals surface area contributed by atoms with Gasteiger partial charge >= 0.3 is 0 Å². The minimum absolute atomic E-state index is 0.326. The fraction of sp³-hybridized carbons (Fsp3) is 0.353. The number of nitrogens with one attached hydrogen (secondary N) is 1. The monoisotopic (exact) mass is 313 g/mol. The second-order valence-electron chi connectivity index (χ2n) is 5.74. The largest absolute Gasteiger partial charge is 0.370 e. The summed E-state index contributed by atoms with van der Waals surface area (Å²) in [6.07, 6.45) is 5.28. The van der Waals surface area contributed by atoms with E-state index in [2.05, 4.69) is 39.1 Å². The number of aromatic nitrogens is 2. The molecule has 3 aromatic rings. The van der Waals surface area contributed by atoms with E-state index >= 15 is 0 Å². The SMILES string of the molecule is c1cc(CN2CCC(OCc3nccs3)C2)c2[nH]ccc2c1. The molecule has 0 spiro atoms. The highest BCUT2D eigenvalue weighted by Gasteiger charge is 2.23. The third kappa shape index (κ3) is 2.92. The molecule has 114 valence electrons. The molecule has 4 nitrogen and oxygen atoms in total. The average Bonchev–Trinajstić information content (AvgIpc) is 3.27. The molecule has 1 atom stereocenters. The van der Waals surface area contributed by atoms with Crippen molar-refractivity contribution in [1.29, 1.82) is 0 Å². The molecule has 0 amide bonds. The summed E-state index contributed by atoms with van der Waals surface area (Å²) in [4.78, 5) is 10.1. The first kappa shape index (κ1) is 13.9. The van der Waals surface area contributed by atoms with Crippen molar-refractivity contribution in [1.82, 2.24) is 14.9 Å². The molecule has 1 fully saturated rings. The number of fused-ring (bicyclic) bond motifs is 1. The Morgan fingerprint density at radius 1 is 1.36 bits per heavy atom. The van der Waals surface area contributed by atoms with E-state index in [-0.39, 0.29) is 0 Å². The predicted octanol–water partition coefficient (Wildman–Crippen LogP) is 3.42. The van der Waals surface area contributed by atoms with E-state index in [0.717, 1.165) is 31.1 Å². The number of rotatable bonds is 5. The zero-order chi connectivity index (χ0) is 14.8. The highest BCUT2D eigenvalue weighted by molar-refractivity contribution is 7.09. The predicted molar refractivity (Wildman–Crippen MR) is 88.9 cm³/mol. The number of benzene rings is 1. The standard InChI is InChI=1S/C17H19N3OS/c1-2-13-4-6-19-17(13)14(3-1)10-20-8-5-15(11-20)21-12-16-18-7-9-22-16/h1-4,6-7,9,15,19H,5,8,10-12H2. The van der Waals surface area contributed by atoms with E-state index in [1.165, 1.54) is 16.5 Å². The van der Waals surface area contributed by atoms with E-state index < -0.39 is 0 Å². The molecule has 22 heavy (non-hydrogen) atoms. The molecule has 4 rings (SSSR count). The zero-order valence-electron chi connectivity index (χ0n) is 12.4. The number of hydrogen-bond acceptors (Lipinski definition) is 4. The Bertz CT molecular complexity index is 737. The second kappa shape index (κ2) is 6.20. The summed E-state index contributed by atoms with van der Waals surface area (Å²) >= 11 is 1.66. The summed E-state index contributed by atoms with van der Waals surface area (Å²) in [6.45, 7) is 3.72. The van der Waals surface area contributed by atoms with Gasteiger partial charge in [-0.25, -0.2) is 4.98 Å². The van der Waals surface area contributed by atoms with Crippen molar-refractivity contribution < 1.29 is 4.74 Å². The Balaban J connectivity index is 1.36. The van der Waals surface area contributed by atoms with Gasteiger partial charge in [0.05, 0.1) is 12.7 Å². The minimum Gasteiger partial charge on any atom is -0.370 e. The molecule has 1 aliphatic heterocycles. The van der Waals surface area contributed by atoms with Crippen LogP contribution in [0.3, 0.4) is 0 Å². The lowest BCUT2D eigenvalue weighted by atomic mass is 10.1. The van der Waals surface area contributed by atoms with Crippen molar-refractivity contribution in [3.8, 4) is 0 Å². The number of hydrogen-bond donors (Lipinski definition) is 1. The number of aromatic amines is 1. The smallest absolute Gasteiger partial charge is 0.118 e. The molecule has 0 radical (unpaired) electrons. The van der Waals surface area contributed by atoms with E-state index in [1.54, 1.807) is 11.3 Å². The molecule has 0 aliphatic carbocycles. The van der Waals surface area contributed by atoms with Gasteiger partial charge in [0.2, 0.25) is 0 Å². The van der Waals surface area contributed by atoms with Crippen molar-refractivity contribution >= 4 is 22.2 Å². The minimum atomic E-state index is 0.326. The Hall–Kier alpha value is -1.69. The molecule has 1 unspecified atom stereocenters. The average molecular weight is 313 g/mol. The van der Waals surface area contributed by atoms with Crippen LogP contribution in [-0.2, 0) is 17.9 Å². The Labute approximate surface area is 133 Å². The van der Waals surface area contributed by atoms with Gasteiger partial charge < -0.3 is 9.72 Å². The highest BCUT2D eigenvalue weighted by Crippen LogP contribution is 2.22. The molecule has 0 saturated carbocycles. The van der Waals surface area contributed by atoms with Gasteiger partial charge in [0, 0.05) is 42.9 Å². The fourth-order valence-electron chi connectivity index (χ4n) is 3.11.